The molecular weight excluding hydrogens is 326 g/mol. The van der Waals surface area contributed by atoms with Crippen molar-refractivity contribution in [3.63, 3.8) is 0 Å². The molecule has 0 N–H and O–H groups in total. The zero-order valence-electron chi connectivity index (χ0n) is 13.9. The van der Waals surface area contributed by atoms with Crippen LogP contribution in [0.4, 0.5) is 0 Å². The predicted molar refractivity (Wildman–Crippen MR) is 93.0 cm³/mol. The molecule has 0 aromatic carbocycles. The summed E-state index contributed by atoms with van der Waals surface area (Å²) in [6.07, 6.45) is 4.91. The van der Waals surface area contributed by atoms with Gasteiger partial charge < -0.3 is 9.80 Å². The standard InChI is InChI=1S/C17H22ClN5O/c1-21-7-4-13(10-21)17(24)22-8-5-14(6-9-22)23-11-12-2-3-15(18)19-16(12)20-23/h2-3,11,13-14H,4-10H2,1H3. The Kier molecular flexibility index (Phi) is 4.18. The van der Waals surface area contributed by atoms with E-state index in [-0.39, 0.29) is 5.92 Å². The number of carbonyl (C=O) groups excluding carboxylic acids is 1. The van der Waals surface area contributed by atoms with Gasteiger partial charge in [0.25, 0.3) is 0 Å². The number of halogens is 1. The summed E-state index contributed by atoms with van der Waals surface area (Å²) in [6.45, 7) is 3.56. The molecule has 2 aromatic heterocycles. The molecule has 2 fully saturated rings. The van der Waals surface area contributed by atoms with Crippen molar-refractivity contribution in [3.8, 4) is 0 Å². The lowest BCUT2D eigenvalue weighted by Gasteiger charge is -2.33. The molecule has 2 aliphatic heterocycles. The largest absolute Gasteiger partial charge is 0.342 e. The fourth-order valence-electron chi connectivity index (χ4n) is 3.83. The van der Waals surface area contributed by atoms with Gasteiger partial charge in [-0.25, -0.2) is 4.98 Å². The Bertz CT molecular complexity index is 753. The van der Waals surface area contributed by atoms with Gasteiger partial charge in [-0.3, -0.25) is 9.48 Å². The van der Waals surface area contributed by atoms with E-state index >= 15 is 0 Å². The monoisotopic (exact) mass is 347 g/mol. The highest BCUT2D eigenvalue weighted by Gasteiger charge is 2.32. The molecule has 0 bridgehead atoms. The molecule has 2 aliphatic rings. The average molecular weight is 348 g/mol. The van der Waals surface area contributed by atoms with Gasteiger partial charge in [-0.15, -0.1) is 0 Å². The molecule has 2 aromatic rings. The molecule has 4 rings (SSSR count). The zero-order valence-corrected chi connectivity index (χ0v) is 14.6. The van der Waals surface area contributed by atoms with Crippen LogP contribution in [0, 0.1) is 5.92 Å². The van der Waals surface area contributed by atoms with Crippen LogP contribution in [0.5, 0.6) is 0 Å². The number of hydrogen-bond donors (Lipinski definition) is 0. The summed E-state index contributed by atoms with van der Waals surface area (Å²) >= 11 is 5.93. The molecule has 1 atom stereocenters. The third-order valence-corrected chi connectivity index (χ3v) is 5.45. The number of aromatic nitrogens is 3. The van der Waals surface area contributed by atoms with E-state index < -0.39 is 0 Å². The second-order valence-corrected chi connectivity index (χ2v) is 7.35. The molecule has 7 heteroatoms. The topological polar surface area (TPSA) is 54.3 Å². The Morgan fingerprint density at radius 3 is 2.71 bits per heavy atom. The van der Waals surface area contributed by atoms with Crippen LogP contribution < -0.4 is 0 Å². The Balaban J connectivity index is 1.40. The van der Waals surface area contributed by atoms with Gasteiger partial charge in [0.1, 0.15) is 5.15 Å². The summed E-state index contributed by atoms with van der Waals surface area (Å²) in [5.41, 5.74) is 0.690. The van der Waals surface area contributed by atoms with Crippen molar-refractivity contribution in [3.05, 3.63) is 23.5 Å². The maximum atomic E-state index is 12.6. The fraction of sp³-hybridized carbons (Fsp3) is 0.588. The van der Waals surface area contributed by atoms with E-state index in [9.17, 15) is 4.79 Å². The van der Waals surface area contributed by atoms with Crippen LogP contribution in [0.1, 0.15) is 25.3 Å². The van der Waals surface area contributed by atoms with Gasteiger partial charge in [0.2, 0.25) is 5.91 Å². The Hall–Kier alpha value is -1.66. The molecule has 1 unspecified atom stereocenters. The van der Waals surface area contributed by atoms with Crippen LogP contribution >= 0.6 is 11.6 Å². The minimum absolute atomic E-state index is 0.185. The molecule has 2 saturated heterocycles. The van der Waals surface area contributed by atoms with Crippen LogP contribution in [0.3, 0.4) is 0 Å². The van der Waals surface area contributed by atoms with E-state index in [2.05, 4.69) is 22.0 Å². The van der Waals surface area contributed by atoms with Crippen molar-refractivity contribution in [2.75, 3.05) is 33.2 Å². The average Bonchev–Trinajstić information content (AvgIpc) is 3.20. The number of fused-ring (bicyclic) bond motifs is 1. The molecule has 0 radical (unpaired) electrons. The van der Waals surface area contributed by atoms with Crippen molar-refractivity contribution >= 4 is 28.5 Å². The summed E-state index contributed by atoms with van der Waals surface area (Å²) in [4.78, 5) is 21.2. The van der Waals surface area contributed by atoms with Gasteiger partial charge >= 0.3 is 0 Å². The second kappa shape index (κ2) is 6.33. The predicted octanol–water partition coefficient (Wildman–Crippen LogP) is 2.20. The molecule has 6 nitrogen and oxygen atoms in total. The first-order valence-electron chi connectivity index (χ1n) is 8.59. The van der Waals surface area contributed by atoms with Crippen LogP contribution in [-0.4, -0.2) is 63.7 Å². The smallest absolute Gasteiger partial charge is 0.227 e. The quantitative estimate of drug-likeness (QED) is 0.781. The number of hydrogen-bond acceptors (Lipinski definition) is 4. The summed E-state index contributed by atoms with van der Waals surface area (Å²) in [6, 6.07) is 4.06. The lowest BCUT2D eigenvalue weighted by atomic mass is 10.0. The van der Waals surface area contributed by atoms with Crippen LogP contribution in [0.15, 0.2) is 18.3 Å². The zero-order chi connectivity index (χ0) is 16.7. The second-order valence-electron chi connectivity index (χ2n) is 6.96. The Morgan fingerprint density at radius 1 is 1.21 bits per heavy atom. The Morgan fingerprint density at radius 2 is 2.00 bits per heavy atom. The first-order valence-corrected chi connectivity index (χ1v) is 8.97. The fourth-order valence-corrected chi connectivity index (χ4v) is 3.97. The van der Waals surface area contributed by atoms with Crippen molar-refractivity contribution in [2.45, 2.75) is 25.3 Å². The molecule has 0 spiro atoms. The summed E-state index contributed by atoms with van der Waals surface area (Å²) in [7, 11) is 2.09. The molecule has 4 heterocycles. The highest BCUT2D eigenvalue weighted by Crippen LogP contribution is 2.26. The van der Waals surface area contributed by atoms with Gasteiger partial charge in [0.05, 0.1) is 12.0 Å². The molecule has 128 valence electrons. The molecule has 0 saturated carbocycles. The minimum Gasteiger partial charge on any atom is -0.342 e. The number of likely N-dealkylation sites (tertiary alicyclic amines) is 2. The van der Waals surface area contributed by atoms with Crippen molar-refractivity contribution in [1.82, 2.24) is 24.6 Å². The highest BCUT2D eigenvalue weighted by molar-refractivity contribution is 6.29. The van der Waals surface area contributed by atoms with Crippen LogP contribution in [0.25, 0.3) is 11.0 Å². The van der Waals surface area contributed by atoms with Crippen molar-refractivity contribution in [2.24, 2.45) is 5.92 Å². The van der Waals surface area contributed by atoms with E-state index in [0.29, 0.717) is 22.7 Å². The van der Waals surface area contributed by atoms with Crippen molar-refractivity contribution < 1.29 is 4.79 Å². The maximum absolute atomic E-state index is 12.6. The molecular formula is C17H22ClN5O. The minimum atomic E-state index is 0.185. The van der Waals surface area contributed by atoms with E-state index in [4.69, 9.17) is 11.6 Å². The van der Waals surface area contributed by atoms with Gasteiger partial charge in [0, 0.05) is 31.2 Å². The SMILES string of the molecule is CN1CCC(C(=O)N2CCC(n3cc4ccc(Cl)nc4n3)CC2)C1. The summed E-state index contributed by atoms with van der Waals surface area (Å²) in [5, 5.41) is 6.04. The Labute approximate surface area is 146 Å². The number of pyridine rings is 1. The lowest BCUT2D eigenvalue weighted by Crippen LogP contribution is -2.42. The van der Waals surface area contributed by atoms with E-state index in [1.807, 2.05) is 21.8 Å². The first kappa shape index (κ1) is 15.8. The van der Waals surface area contributed by atoms with Crippen LogP contribution in [-0.2, 0) is 4.79 Å². The van der Waals surface area contributed by atoms with Gasteiger partial charge in [0.15, 0.2) is 5.65 Å². The van der Waals surface area contributed by atoms with Crippen LogP contribution in [0.2, 0.25) is 5.15 Å². The van der Waals surface area contributed by atoms with E-state index in [1.54, 1.807) is 6.07 Å². The number of piperidine rings is 1. The van der Waals surface area contributed by atoms with Gasteiger partial charge in [-0.1, -0.05) is 11.6 Å². The van der Waals surface area contributed by atoms with Gasteiger partial charge in [-0.05, 0) is 45.0 Å². The van der Waals surface area contributed by atoms with E-state index in [1.165, 1.54) is 0 Å². The lowest BCUT2D eigenvalue weighted by molar-refractivity contribution is -0.136. The molecule has 24 heavy (non-hydrogen) atoms. The first-order chi connectivity index (χ1) is 11.6. The highest BCUT2D eigenvalue weighted by atomic mass is 35.5. The summed E-state index contributed by atoms with van der Waals surface area (Å²) < 4.78 is 2.00. The van der Waals surface area contributed by atoms with Gasteiger partial charge in [-0.2, -0.15) is 5.10 Å². The number of nitrogens with zero attached hydrogens (tertiary/aromatic N) is 5. The van der Waals surface area contributed by atoms with E-state index in [0.717, 1.165) is 50.8 Å². The molecule has 1 amide bonds. The molecule has 0 aliphatic carbocycles. The third kappa shape index (κ3) is 3.00. The number of rotatable bonds is 2. The summed E-state index contributed by atoms with van der Waals surface area (Å²) in [5.74, 6) is 0.516. The third-order valence-electron chi connectivity index (χ3n) is 5.24. The number of amides is 1. The normalized spacial score (nSPS) is 23.2. The van der Waals surface area contributed by atoms with Crippen molar-refractivity contribution in [1.29, 1.82) is 0 Å². The maximum Gasteiger partial charge on any atom is 0.227 e. The number of carbonyl (C=O) groups is 1.